The molecule has 1 aromatic carbocycles. The van der Waals surface area contributed by atoms with E-state index in [0.29, 0.717) is 0 Å². The van der Waals surface area contributed by atoms with Gasteiger partial charge in [0.25, 0.3) is 0 Å². The van der Waals surface area contributed by atoms with E-state index >= 15 is 0 Å². The molecule has 0 saturated carbocycles. The third-order valence-corrected chi connectivity index (χ3v) is 2.67. The van der Waals surface area contributed by atoms with Crippen molar-refractivity contribution in [1.29, 1.82) is 0 Å². The Morgan fingerprint density at radius 3 is 1.21 bits per heavy atom. The average Bonchev–Trinajstić information content (AvgIpc) is 2.31. The molecule has 0 bridgehead atoms. The number of hydrogen-bond donors (Lipinski definition) is 0. The van der Waals surface area contributed by atoms with E-state index in [9.17, 15) is 62.7 Å². The smallest absolute Gasteiger partial charge is 0.860 e. The summed E-state index contributed by atoms with van der Waals surface area (Å²) in [5, 5.41) is 20.5. The third kappa shape index (κ3) is 6.71. The molecule has 0 heterocycles. The van der Waals surface area contributed by atoms with E-state index in [2.05, 4.69) is 4.65 Å². The van der Waals surface area contributed by atoms with Crippen LogP contribution in [0, 0.1) is 0 Å². The van der Waals surface area contributed by atoms with Crippen molar-refractivity contribution < 1.29 is 105 Å². The fourth-order valence-corrected chi connectivity index (χ4v) is 1.94. The van der Waals surface area contributed by atoms with E-state index in [-0.39, 0.29) is 37.7 Å². The maximum absolute atomic E-state index is 12.9. The van der Waals surface area contributed by atoms with Crippen LogP contribution in [0.2, 0.25) is 0 Å². The molecule has 0 aliphatic carbocycles. The minimum Gasteiger partial charge on any atom is -0.860 e. The first-order valence-corrected chi connectivity index (χ1v) is 5.76. The van der Waals surface area contributed by atoms with Crippen molar-refractivity contribution >= 4 is 7.32 Å². The molecular weight excluding hydrogens is 421 g/mol. The van der Waals surface area contributed by atoms with Gasteiger partial charge in [-0.25, -0.2) is 0 Å². The molecule has 1 aromatic rings. The summed E-state index contributed by atoms with van der Waals surface area (Å²) in [5.41, 5.74) is -14.0. The largest absolute Gasteiger partial charge is 1.00 e. The number of hydrogen-bond acceptors (Lipinski definition) is 3. The third-order valence-electron chi connectivity index (χ3n) is 2.67. The summed E-state index contributed by atoms with van der Waals surface area (Å²) in [5.74, 6) is -2.62. The van der Waals surface area contributed by atoms with E-state index in [1.807, 2.05) is 0 Å². The standard InChI is InChI=1S/C10HBF12O3.2Li/c12-7(13,14)2-1-3(26-11(24)25)5(9(18,19)20)6(10(21,22)23)4(2)8(15,16)17;;/h1H;;/q-2;2*+1. The van der Waals surface area contributed by atoms with Crippen LogP contribution in [0.15, 0.2) is 6.07 Å². The minimum absolute atomic E-state index is 0. The molecule has 0 aromatic heterocycles. The molecule has 0 aliphatic rings. The first-order valence-electron chi connectivity index (χ1n) is 5.76. The molecule has 148 valence electrons. The van der Waals surface area contributed by atoms with Gasteiger partial charge in [0.1, 0.15) is 18.6 Å². The van der Waals surface area contributed by atoms with Gasteiger partial charge in [-0.15, -0.1) is 0 Å². The topological polar surface area (TPSA) is 55.3 Å². The van der Waals surface area contributed by atoms with Gasteiger partial charge in [-0.3, -0.25) is 0 Å². The monoisotopic (exact) mass is 422 g/mol. The molecular formula is C10HBF12Li2O3. The zero-order valence-electron chi connectivity index (χ0n) is 13.4. The molecule has 0 atom stereocenters. The first kappa shape index (κ1) is 29.6. The normalized spacial score (nSPS) is 12.8. The molecule has 0 N–H and O–H groups in total. The summed E-state index contributed by atoms with van der Waals surface area (Å²) in [7, 11) is -3.85. The minimum atomic E-state index is -6.60. The van der Waals surface area contributed by atoms with Crippen molar-refractivity contribution in [3.63, 3.8) is 0 Å². The molecule has 0 unspecified atom stereocenters. The molecule has 0 radical (unpaired) electrons. The predicted molar refractivity (Wildman–Crippen MR) is 52.8 cm³/mol. The second-order valence-electron chi connectivity index (χ2n) is 4.44. The van der Waals surface area contributed by atoms with Gasteiger partial charge in [-0.05, 0) is 6.07 Å². The average molecular weight is 422 g/mol. The van der Waals surface area contributed by atoms with E-state index in [0.717, 1.165) is 0 Å². The number of benzene rings is 1. The van der Waals surface area contributed by atoms with Crippen LogP contribution in [0.5, 0.6) is 5.75 Å². The van der Waals surface area contributed by atoms with Gasteiger partial charge in [0.15, 0.2) is 0 Å². The zero-order chi connectivity index (χ0) is 20.9. The predicted octanol–water partition coefficient (Wildman–Crippen LogP) is -3.15. The van der Waals surface area contributed by atoms with Crippen LogP contribution in [0.4, 0.5) is 52.7 Å². The van der Waals surface area contributed by atoms with Crippen LogP contribution in [-0.2, 0) is 24.7 Å². The van der Waals surface area contributed by atoms with E-state index in [1.54, 1.807) is 0 Å². The van der Waals surface area contributed by atoms with Crippen molar-refractivity contribution in [2.45, 2.75) is 24.7 Å². The Kier molecular flexibility index (Phi) is 9.52. The molecule has 3 nitrogen and oxygen atoms in total. The summed E-state index contributed by atoms with van der Waals surface area (Å²) < 4.78 is 157. The molecule has 0 amide bonds. The maximum atomic E-state index is 12.9. The summed E-state index contributed by atoms with van der Waals surface area (Å²) in [6, 6.07) is -1.12. The number of halogens is 12. The van der Waals surface area contributed by atoms with Gasteiger partial charge in [-0.2, -0.15) is 52.7 Å². The fourth-order valence-electron chi connectivity index (χ4n) is 1.94. The van der Waals surface area contributed by atoms with Gasteiger partial charge in [-0.1, -0.05) is 0 Å². The van der Waals surface area contributed by atoms with Gasteiger partial charge in [0.2, 0.25) is 0 Å². The van der Waals surface area contributed by atoms with Gasteiger partial charge in [0, 0.05) is 0 Å². The van der Waals surface area contributed by atoms with Crippen LogP contribution in [-0.4, -0.2) is 7.32 Å². The summed E-state index contributed by atoms with van der Waals surface area (Å²) >= 11 is 0. The maximum Gasteiger partial charge on any atom is 1.00 e. The molecule has 18 heteroatoms. The summed E-state index contributed by atoms with van der Waals surface area (Å²) in [6.45, 7) is 0. The molecule has 0 saturated heterocycles. The molecule has 0 fully saturated rings. The van der Waals surface area contributed by atoms with Crippen LogP contribution in [0.3, 0.4) is 0 Å². The van der Waals surface area contributed by atoms with Crippen molar-refractivity contribution in [2.75, 3.05) is 0 Å². The van der Waals surface area contributed by atoms with Gasteiger partial charge in [0.05, 0.1) is 16.7 Å². The van der Waals surface area contributed by atoms with Crippen LogP contribution >= 0.6 is 0 Å². The Morgan fingerprint density at radius 1 is 0.607 bits per heavy atom. The van der Waals surface area contributed by atoms with Crippen molar-refractivity contribution in [2.24, 2.45) is 0 Å². The zero-order valence-corrected chi connectivity index (χ0v) is 13.4. The second-order valence-corrected chi connectivity index (χ2v) is 4.44. The van der Waals surface area contributed by atoms with Crippen molar-refractivity contribution in [3.8, 4) is 5.75 Å². The Morgan fingerprint density at radius 2 is 0.964 bits per heavy atom. The fraction of sp³-hybridized carbons (Fsp3) is 0.400. The summed E-state index contributed by atoms with van der Waals surface area (Å²) in [6.07, 6.45) is -25.7. The van der Waals surface area contributed by atoms with E-state index < -0.39 is 66.1 Å². The van der Waals surface area contributed by atoms with Gasteiger partial charge < -0.3 is 14.7 Å². The quantitative estimate of drug-likeness (QED) is 0.374. The Balaban J connectivity index is 0. The van der Waals surface area contributed by atoms with Crippen LogP contribution in [0.1, 0.15) is 22.3 Å². The second kappa shape index (κ2) is 9.02. The van der Waals surface area contributed by atoms with E-state index in [4.69, 9.17) is 0 Å². The van der Waals surface area contributed by atoms with E-state index in [1.165, 1.54) is 0 Å². The first-order chi connectivity index (χ1) is 11.3. The number of rotatable bonds is 2. The molecule has 28 heavy (non-hydrogen) atoms. The Hall–Kier alpha value is -0.640. The SMILES string of the molecule is [Li+].[Li+].[O-]B([O-])Oc1cc(C(F)(F)F)c(C(F)(F)F)c(C(F)(F)F)c1C(F)(F)F. The van der Waals surface area contributed by atoms with Crippen LogP contribution in [0.25, 0.3) is 0 Å². The van der Waals surface area contributed by atoms with Crippen molar-refractivity contribution in [1.82, 2.24) is 0 Å². The van der Waals surface area contributed by atoms with Crippen LogP contribution < -0.4 is 52.4 Å². The molecule has 1 rings (SSSR count). The number of alkyl halides is 12. The van der Waals surface area contributed by atoms with Crippen molar-refractivity contribution in [3.05, 3.63) is 28.3 Å². The molecule has 0 spiro atoms. The summed E-state index contributed by atoms with van der Waals surface area (Å²) in [4.78, 5) is 0. The Bertz CT molecular complexity index is 681. The Labute approximate surface area is 171 Å². The van der Waals surface area contributed by atoms with Gasteiger partial charge >= 0.3 is 62.4 Å². The molecule has 0 aliphatic heterocycles.